The van der Waals surface area contributed by atoms with Crippen LogP contribution in [0.3, 0.4) is 0 Å². The topological polar surface area (TPSA) is 46.2 Å². The van der Waals surface area contributed by atoms with Crippen molar-refractivity contribution >= 4 is 0 Å². The van der Waals surface area contributed by atoms with Gasteiger partial charge in [0.05, 0.1) is 11.7 Å². The summed E-state index contributed by atoms with van der Waals surface area (Å²) in [4.78, 5) is 0. The number of alkyl halides is 3. The second kappa shape index (κ2) is 4.76. The van der Waals surface area contributed by atoms with E-state index in [2.05, 4.69) is 0 Å². The van der Waals surface area contributed by atoms with Gasteiger partial charge in [-0.2, -0.15) is 13.2 Å². The van der Waals surface area contributed by atoms with Gasteiger partial charge in [-0.15, -0.1) is 0 Å². The Morgan fingerprint density at radius 1 is 1.21 bits per heavy atom. The Balaban J connectivity index is 2.41. The highest BCUT2D eigenvalue weighted by Gasteiger charge is 2.40. The monoisotopic (exact) mass is 277 g/mol. The van der Waals surface area contributed by atoms with E-state index in [-0.39, 0.29) is 18.4 Å². The van der Waals surface area contributed by atoms with E-state index in [0.717, 1.165) is 0 Å². The summed E-state index contributed by atoms with van der Waals surface area (Å²) in [6.07, 6.45) is -3.97. The fourth-order valence-electron chi connectivity index (χ4n) is 2.52. The van der Waals surface area contributed by atoms with Crippen molar-refractivity contribution in [3.8, 4) is 0 Å². The molecular weight excluding hydrogens is 262 g/mol. The molecule has 0 atom stereocenters. The predicted octanol–water partition coefficient (Wildman–Crippen LogP) is 2.93. The molecule has 1 saturated carbocycles. The molecule has 0 amide bonds. The van der Waals surface area contributed by atoms with Gasteiger partial charge in [-0.1, -0.05) is 12.1 Å². The van der Waals surface area contributed by atoms with Crippen LogP contribution >= 0.6 is 0 Å². The molecule has 3 N–H and O–H groups in total. The van der Waals surface area contributed by atoms with Crippen molar-refractivity contribution in [2.45, 2.75) is 43.5 Å². The average Bonchev–Trinajstić information content (AvgIpc) is 2.32. The third kappa shape index (κ3) is 2.74. The highest BCUT2D eigenvalue weighted by Crippen LogP contribution is 2.40. The lowest BCUT2D eigenvalue weighted by atomic mass is 9.76. The van der Waals surface area contributed by atoms with E-state index < -0.39 is 29.2 Å². The van der Waals surface area contributed by atoms with Crippen LogP contribution in [0, 0.1) is 5.82 Å². The molecule has 0 aliphatic heterocycles. The summed E-state index contributed by atoms with van der Waals surface area (Å²) in [5, 5.41) is 9.41. The molecule has 1 aliphatic rings. The average molecular weight is 277 g/mol. The minimum Gasteiger partial charge on any atom is -0.393 e. The highest BCUT2D eigenvalue weighted by molar-refractivity contribution is 5.33. The van der Waals surface area contributed by atoms with Crippen molar-refractivity contribution < 1.29 is 22.7 Å². The third-order valence-electron chi connectivity index (χ3n) is 3.69. The van der Waals surface area contributed by atoms with Gasteiger partial charge >= 0.3 is 6.18 Å². The zero-order valence-electron chi connectivity index (χ0n) is 10.2. The molecule has 0 heterocycles. The van der Waals surface area contributed by atoms with Gasteiger partial charge in [0.2, 0.25) is 0 Å². The Morgan fingerprint density at radius 2 is 1.79 bits per heavy atom. The fourth-order valence-corrected chi connectivity index (χ4v) is 2.52. The van der Waals surface area contributed by atoms with E-state index in [1.54, 1.807) is 0 Å². The van der Waals surface area contributed by atoms with Crippen LogP contribution in [0.4, 0.5) is 17.6 Å². The molecule has 1 fully saturated rings. The number of benzene rings is 1. The first kappa shape index (κ1) is 14.3. The number of aliphatic hydroxyl groups is 1. The number of nitrogens with two attached hydrogens (primary N) is 1. The molecule has 1 aromatic rings. The number of hydrogen-bond donors (Lipinski definition) is 2. The zero-order valence-corrected chi connectivity index (χ0v) is 10.2. The molecule has 2 nitrogen and oxygen atoms in total. The van der Waals surface area contributed by atoms with Crippen LogP contribution in [0.25, 0.3) is 0 Å². The van der Waals surface area contributed by atoms with Crippen molar-refractivity contribution in [2.24, 2.45) is 5.73 Å². The molecule has 1 aromatic carbocycles. The van der Waals surface area contributed by atoms with E-state index in [9.17, 15) is 22.7 Å². The molecule has 19 heavy (non-hydrogen) atoms. The van der Waals surface area contributed by atoms with Crippen LogP contribution in [0.2, 0.25) is 0 Å². The molecule has 0 aromatic heterocycles. The number of hydrogen-bond acceptors (Lipinski definition) is 2. The summed E-state index contributed by atoms with van der Waals surface area (Å²) in [6, 6.07) is 3.17. The molecular formula is C13H15F4NO. The summed E-state index contributed by atoms with van der Waals surface area (Å²) >= 11 is 0. The minimum atomic E-state index is -4.73. The van der Waals surface area contributed by atoms with Gasteiger partial charge in [0.1, 0.15) is 5.82 Å². The smallest absolute Gasteiger partial charge is 0.393 e. The third-order valence-corrected chi connectivity index (χ3v) is 3.69. The molecule has 2 rings (SSSR count). The maximum absolute atomic E-state index is 14.0. The first-order chi connectivity index (χ1) is 8.74. The van der Waals surface area contributed by atoms with Gasteiger partial charge in [-0.05, 0) is 31.7 Å². The standard InChI is InChI=1S/C13H15F4NO/c14-11-9(2-1-3-10(11)13(15,16)17)12(18)6-4-8(19)5-7-12/h1-3,8,19H,4-7,18H2. The summed E-state index contributed by atoms with van der Waals surface area (Å²) in [6.45, 7) is 0. The molecule has 106 valence electrons. The van der Waals surface area contributed by atoms with Gasteiger partial charge in [0.15, 0.2) is 0 Å². The molecule has 1 aliphatic carbocycles. The number of aliphatic hydroxyl groups excluding tert-OH is 1. The summed E-state index contributed by atoms with van der Waals surface area (Å²) in [7, 11) is 0. The van der Waals surface area contributed by atoms with E-state index in [4.69, 9.17) is 5.73 Å². The van der Waals surface area contributed by atoms with E-state index in [0.29, 0.717) is 18.9 Å². The van der Waals surface area contributed by atoms with Crippen molar-refractivity contribution in [1.29, 1.82) is 0 Å². The van der Waals surface area contributed by atoms with E-state index >= 15 is 0 Å². The molecule has 0 saturated heterocycles. The summed E-state index contributed by atoms with van der Waals surface area (Å²) in [5.41, 5.74) is 3.50. The van der Waals surface area contributed by atoms with Crippen molar-refractivity contribution in [3.05, 3.63) is 35.1 Å². The van der Waals surface area contributed by atoms with Crippen LogP contribution in [-0.2, 0) is 11.7 Å². The van der Waals surface area contributed by atoms with Crippen LogP contribution < -0.4 is 5.73 Å². The second-order valence-electron chi connectivity index (χ2n) is 5.05. The van der Waals surface area contributed by atoms with Crippen LogP contribution in [0.5, 0.6) is 0 Å². The Labute approximate surface area is 108 Å². The lowest BCUT2D eigenvalue weighted by Crippen LogP contribution is -2.42. The van der Waals surface area contributed by atoms with Gasteiger partial charge < -0.3 is 10.8 Å². The van der Waals surface area contributed by atoms with Crippen LogP contribution in [0.15, 0.2) is 18.2 Å². The lowest BCUT2D eigenvalue weighted by Gasteiger charge is -2.36. The normalized spacial score (nSPS) is 28.4. The largest absolute Gasteiger partial charge is 0.419 e. The summed E-state index contributed by atoms with van der Waals surface area (Å²) < 4.78 is 52.0. The molecule has 0 unspecified atom stereocenters. The molecule has 0 bridgehead atoms. The molecule has 0 radical (unpaired) electrons. The Hall–Kier alpha value is -1.14. The Morgan fingerprint density at radius 3 is 2.32 bits per heavy atom. The maximum Gasteiger partial charge on any atom is 0.419 e. The van der Waals surface area contributed by atoms with E-state index in [1.165, 1.54) is 12.1 Å². The lowest BCUT2D eigenvalue weighted by molar-refractivity contribution is -0.140. The van der Waals surface area contributed by atoms with Crippen LogP contribution in [0.1, 0.15) is 36.8 Å². The SMILES string of the molecule is NC1(c2cccc(C(F)(F)F)c2F)CCC(O)CC1. The Bertz CT molecular complexity index is 464. The van der Waals surface area contributed by atoms with E-state index in [1.807, 2.05) is 0 Å². The van der Waals surface area contributed by atoms with Gasteiger partial charge in [0, 0.05) is 11.1 Å². The molecule has 6 heteroatoms. The number of halogens is 4. The predicted molar refractivity (Wildman–Crippen MR) is 61.7 cm³/mol. The van der Waals surface area contributed by atoms with Crippen molar-refractivity contribution in [2.75, 3.05) is 0 Å². The second-order valence-corrected chi connectivity index (χ2v) is 5.05. The highest BCUT2D eigenvalue weighted by atomic mass is 19.4. The summed E-state index contributed by atoms with van der Waals surface area (Å²) in [5.74, 6) is -1.30. The first-order valence-corrected chi connectivity index (χ1v) is 6.07. The quantitative estimate of drug-likeness (QED) is 0.775. The van der Waals surface area contributed by atoms with Gasteiger partial charge in [0.25, 0.3) is 0 Å². The maximum atomic E-state index is 14.0. The fraction of sp³-hybridized carbons (Fsp3) is 0.538. The van der Waals surface area contributed by atoms with Gasteiger partial charge in [-0.3, -0.25) is 0 Å². The minimum absolute atomic E-state index is 0.116. The van der Waals surface area contributed by atoms with Crippen LogP contribution in [-0.4, -0.2) is 11.2 Å². The Kier molecular flexibility index (Phi) is 3.57. The van der Waals surface area contributed by atoms with Crippen molar-refractivity contribution in [1.82, 2.24) is 0 Å². The molecule has 0 spiro atoms. The van der Waals surface area contributed by atoms with Crippen molar-refractivity contribution in [3.63, 3.8) is 0 Å². The number of rotatable bonds is 1. The first-order valence-electron chi connectivity index (χ1n) is 6.07. The zero-order chi connectivity index (χ0) is 14.3. The van der Waals surface area contributed by atoms with Gasteiger partial charge in [-0.25, -0.2) is 4.39 Å².